The highest BCUT2D eigenvalue weighted by molar-refractivity contribution is 8.00. The second-order valence-corrected chi connectivity index (χ2v) is 13.0. The van der Waals surface area contributed by atoms with Crippen LogP contribution in [-0.2, 0) is 5.41 Å². The van der Waals surface area contributed by atoms with Gasteiger partial charge in [-0.2, -0.15) is 0 Å². The van der Waals surface area contributed by atoms with E-state index in [0.717, 1.165) is 53.7 Å². The van der Waals surface area contributed by atoms with Gasteiger partial charge in [0, 0.05) is 28.6 Å². The van der Waals surface area contributed by atoms with Crippen molar-refractivity contribution in [1.82, 2.24) is 20.3 Å². The molecule has 0 spiro atoms. The Balaban J connectivity index is 1.48. The van der Waals surface area contributed by atoms with Crippen LogP contribution in [0.4, 0.5) is 21.7 Å². The van der Waals surface area contributed by atoms with Gasteiger partial charge in [0.15, 0.2) is 5.82 Å². The summed E-state index contributed by atoms with van der Waals surface area (Å²) in [6.45, 7) is 10.6. The molecule has 0 bridgehead atoms. The molecule has 4 aromatic rings. The lowest BCUT2D eigenvalue weighted by Gasteiger charge is -2.23. The zero-order valence-corrected chi connectivity index (χ0v) is 25.2. The first kappa shape index (κ1) is 28.5. The summed E-state index contributed by atoms with van der Waals surface area (Å²) in [5.41, 5.74) is 4.36. The van der Waals surface area contributed by atoms with Gasteiger partial charge in [-0.1, -0.05) is 57.8 Å². The lowest BCUT2D eigenvalue weighted by atomic mass is 9.90. The summed E-state index contributed by atoms with van der Waals surface area (Å²) in [7, 11) is 0. The van der Waals surface area contributed by atoms with Crippen LogP contribution < -0.4 is 15.4 Å². The Morgan fingerprint density at radius 3 is 2.65 bits per heavy atom. The van der Waals surface area contributed by atoms with Crippen molar-refractivity contribution in [2.45, 2.75) is 58.3 Å². The largest absolute Gasteiger partial charge is 0.327 e. The molecule has 3 heterocycles. The molecule has 6 nitrogen and oxygen atoms in total. The van der Waals surface area contributed by atoms with E-state index in [0.29, 0.717) is 34.5 Å². The Kier molecular flexibility index (Phi) is 9.03. The molecular weight excluding hydrogens is 540 g/mol. The van der Waals surface area contributed by atoms with Crippen LogP contribution in [0.15, 0.2) is 54.7 Å². The highest BCUT2D eigenvalue weighted by Crippen LogP contribution is 2.42. The van der Waals surface area contributed by atoms with Crippen molar-refractivity contribution in [2.24, 2.45) is 0 Å². The molecule has 0 atom stereocenters. The minimum Gasteiger partial charge on any atom is -0.327 e. The summed E-state index contributed by atoms with van der Waals surface area (Å²) < 4.78 is 18.9. The van der Waals surface area contributed by atoms with Gasteiger partial charge in [-0.05, 0) is 74.2 Å². The Labute approximate surface area is 244 Å². The molecule has 5 rings (SSSR count). The van der Waals surface area contributed by atoms with E-state index in [2.05, 4.69) is 66.2 Å². The molecule has 0 unspecified atom stereocenters. The van der Waals surface area contributed by atoms with Gasteiger partial charge in [0.1, 0.15) is 0 Å². The molecule has 1 saturated heterocycles. The Morgan fingerprint density at radius 2 is 1.88 bits per heavy atom. The van der Waals surface area contributed by atoms with Crippen LogP contribution in [0.5, 0.6) is 0 Å². The maximum Gasteiger partial charge on any atom is 0.227 e. The summed E-state index contributed by atoms with van der Waals surface area (Å²) in [6, 6.07) is 15.8. The van der Waals surface area contributed by atoms with E-state index < -0.39 is 0 Å². The van der Waals surface area contributed by atoms with Crippen LogP contribution in [-0.4, -0.2) is 33.8 Å². The first-order valence-corrected chi connectivity index (χ1v) is 15.7. The number of hydrogen-bond acceptors (Lipinski definition) is 8. The van der Waals surface area contributed by atoms with Crippen molar-refractivity contribution in [3.8, 4) is 21.8 Å². The van der Waals surface area contributed by atoms with E-state index in [4.69, 9.17) is 9.97 Å². The topological polar surface area (TPSA) is 74.8 Å². The molecule has 210 valence electrons. The van der Waals surface area contributed by atoms with E-state index in [-0.39, 0.29) is 11.2 Å². The van der Waals surface area contributed by atoms with Crippen LogP contribution in [0.25, 0.3) is 21.8 Å². The summed E-state index contributed by atoms with van der Waals surface area (Å²) in [5.74, 6) is 1.66. The predicted molar refractivity (Wildman–Crippen MR) is 168 cm³/mol. The van der Waals surface area contributed by atoms with E-state index in [1.54, 1.807) is 29.7 Å². The second kappa shape index (κ2) is 12.7. The number of rotatable bonds is 9. The van der Waals surface area contributed by atoms with Crippen LogP contribution in [0.1, 0.15) is 63.4 Å². The van der Waals surface area contributed by atoms with Crippen molar-refractivity contribution in [1.29, 1.82) is 0 Å². The summed E-state index contributed by atoms with van der Waals surface area (Å²) in [6.07, 6.45) is 5.04. The fraction of sp³-hybridized carbons (Fsp3) is 0.387. The summed E-state index contributed by atoms with van der Waals surface area (Å²) in [4.78, 5) is 15.2. The third kappa shape index (κ3) is 6.65. The quantitative estimate of drug-likeness (QED) is 0.136. The SMILES string of the molecule is CCCSNc1cccc(-c2nc(C(C)(C)C)sc2-c2ccnc(Nc3cccc(C4CCNCC4)c3)n2)c1F. The standard InChI is InChI=1S/C31H37FN6S2/c1-5-18-39-38-24-11-7-10-23(26(24)32)27-28(40-29(37-27)31(2,3)4)25-14-17-34-30(36-25)35-22-9-6-8-21(19-22)20-12-15-33-16-13-20/h6-11,14,17,19-20,33,38H,5,12-13,15-16,18H2,1-4H3,(H,34,35,36). The molecule has 2 aromatic heterocycles. The summed E-state index contributed by atoms with van der Waals surface area (Å²) >= 11 is 3.07. The van der Waals surface area contributed by atoms with Crippen LogP contribution in [0, 0.1) is 5.82 Å². The maximum atomic E-state index is 15.8. The van der Waals surface area contributed by atoms with Crippen molar-refractivity contribution < 1.29 is 4.39 Å². The van der Waals surface area contributed by atoms with E-state index in [1.807, 2.05) is 18.2 Å². The Hall–Kier alpha value is -3.01. The van der Waals surface area contributed by atoms with Gasteiger partial charge < -0.3 is 15.4 Å². The number of benzene rings is 2. The molecular formula is C31H37FN6S2. The average Bonchev–Trinajstić information content (AvgIpc) is 3.41. The van der Waals surface area contributed by atoms with Crippen LogP contribution in [0.2, 0.25) is 0 Å². The van der Waals surface area contributed by atoms with Gasteiger partial charge in [-0.15, -0.1) is 11.3 Å². The van der Waals surface area contributed by atoms with Crippen LogP contribution >= 0.6 is 23.3 Å². The average molecular weight is 577 g/mol. The lowest BCUT2D eigenvalue weighted by Crippen LogP contribution is -2.26. The van der Waals surface area contributed by atoms with Crippen molar-refractivity contribution in [2.75, 3.05) is 28.9 Å². The molecule has 9 heteroatoms. The molecule has 40 heavy (non-hydrogen) atoms. The molecule has 0 amide bonds. The fourth-order valence-electron chi connectivity index (χ4n) is 4.72. The number of nitrogens with one attached hydrogen (secondary N) is 3. The number of anilines is 3. The summed E-state index contributed by atoms with van der Waals surface area (Å²) in [5, 5.41) is 7.77. The molecule has 1 fully saturated rings. The van der Waals surface area contributed by atoms with Gasteiger partial charge >= 0.3 is 0 Å². The van der Waals surface area contributed by atoms with Gasteiger partial charge in [0.25, 0.3) is 0 Å². The molecule has 2 aromatic carbocycles. The highest BCUT2D eigenvalue weighted by atomic mass is 32.2. The second-order valence-electron chi connectivity index (χ2n) is 11.1. The maximum absolute atomic E-state index is 15.8. The third-order valence-electron chi connectivity index (χ3n) is 6.85. The van der Waals surface area contributed by atoms with E-state index >= 15 is 4.39 Å². The molecule has 3 N–H and O–H groups in total. The van der Waals surface area contributed by atoms with Crippen molar-refractivity contribution in [3.63, 3.8) is 0 Å². The van der Waals surface area contributed by atoms with Crippen molar-refractivity contribution >= 4 is 40.6 Å². The minimum absolute atomic E-state index is 0.190. The number of nitrogens with zero attached hydrogens (tertiary/aromatic N) is 3. The molecule has 0 radical (unpaired) electrons. The van der Waals surface area contributed by atoms with Crippen LogP contribution in [0.3, 0.4) is 0 Å². The smallest absolute Gasteiger partial charge is 0.227 e. The number of piperidine rings is 1. The predicted octanol–water partition coefficient (Wildman–Crippen LogP) is 8.38. The van der Waals surface area contributed by atoms with Gasteiger partial charge in [-0.3, -0.25) is 0 Å². The van der Waals surface area contributed by atoms with Crippen molar-refractivity contribution in [3.05, 3.63) is 71.1 Å². The molecule has 0 aliphatic carbocycles. The number of hydrogen-bond donors (Lipinski definition) is 3. The fourth-order valence-corrected chi connectivity index (χ4v) is 6.45. The number of aromatic nitrogens is 3. The van der Waals surface area contributed by atoms with Gasteiger partial charge in [-0.25, -0.2) is 19.3 Å². The van der Waals surface area contributed by atoms with E-state index in [1.165, 1.54) is 17.5 Å². The first-order valence-electron chi connectivity index (χ1n) is 13.9. The molecule has 0 saturated carbocycles. The monoisotopic (exact) mass is 576 g/mol. The Morgan fingerprint density at radius 1 is 1.07 bits per heavy atom. The van der Waals surface area contributed by atoms with Gasteiger partial charge in [0.05, 0.1) is 27.0 Å². The zero-order valence-electron chi connectivity index (χ0n) is 23.6. The van der Waals surface area contributed by atoms with Gasteiger partial charge in [0.2, 0.25) is 5.95 Å². The first-order chi connectivity index (χ1) is 19.3. The van der Waals surface area contributed by atoms with E-state index in [9.17, 15) is 0 Å². The zero-order chi connectivity index (χ0) is 28.1. The lowest BCUT2D eigenvalue weighted by molar-refractivity contribution is 0.460. The Bertz CT molecular complexity index is 1440. The normalized spacial score (nSPS) is 14.3. The number of halogens is 1. The number of thiazole rings is 1. The molecule has 1 aliphatic heterocycles. The minimum atomic E-state index is -0.305. The highest BCUT2D eigenvalue weighted by Gasteiger charge is 2.26. The third-order valence-corrected chi connectivity index (χ3v) is 9.33. The molecule has 1 aliphatic rings.